The van der Waals surface area contributed by atoms with Crippen LogP contribution < -0.4 is 20.7 Å². The lowest BCUT2D eigenvalue weighted by Gasteiger charge is -2.10. The standard InChI is InChI=1S/C28H20O7/c1-3-32-23-6-4-5-18-13-22(28(31)35-26(18)23)21-15-25(29)34-24-14-19(11-12-20(21)24)33-27(30)17-9-7-16(2)8-10-17/h4-15H,3H2,1-2H3. The van der Waals surface area contributed by atoms with Crippen molar-refractivity contribution in [2.24, 2.45) is 0 Å². The fourth-order valence-corrected chi connectivity index (χ4v) is 3.86. The summed E-state index contributed by atoms with van der Waals surface area (Å²) in [6.07, 6.45) is 0. The van der Waals surface area contributed by atoms with Gasteiger partial charge in [0.25, 0.3) is 0 Å². The van der Waals surface area contributed by atoms with Gasteiger partial charge in [0.15, 0.2) is 11.3 Å². The van der Waals surface area contributed by atoms with Crippen LogP contribution in [-0.2, 0) is 0 Å². The Labute approximate surface area is 199 Å². The maximum atomic E-state index is 12.9. The van der Waals surface area contributed by atoms with Crippen molar-refractivity contribution in [3.05, 3.63) is 105 Å². The molecule has 0 aliphatic carbocycles. The van der Waals surface area contributed by atoms with Crippen LogP contribution in [0.1, 0.15) is 22.8 Å². The molecule has 0 saturated carbocycles. The second kappa shape index (κ2) is 8.95. The van der Waals surface area contributed by atoms with Gasteiger partial charge in [0.05, 0.1) is 17.7 Å². The number of carbonyl (C=O) groups is 1. The van der Waals surface area contributed by atoms with Gasteiger partial charge in [-0.1, -0.05) is 29.8 Å². The predicted octanol–water partition coefficient (Wildman–Crippen LogP) is 5.49. The molecule has 7 nitrogen and oxygen atoms in total. The SMILES string of the molecule is CCOc1cccc2cc(-c3cc(=O)oc4cc(OC(=O)c5ccc(C)cc5)ccc34)c(=O)oc12. The average molecular weight is 468 g/mol. The lowest BCUT2D eigenvalue weighted by molar-refractivity contribution is 0.0735. The molecule has 0 bridgehead atoms. The molecule has 0 saturated heterocycles. The van der Waals surface area contributed by atoms with Crippen molar-refractivity contribution in [1.82, 2.24) is 0 Å². The third kappa shape index (κ3) is 4.31. The first-order valence-electron chi connectivity index (χ1n) is 11.0. The van der Waals surface area contributed by atoms with Gasteiger partial charge < -0.3 is 18.3 Å². The second-order valence-electron chi connectivity index (χ2n) is 7.95. The molecular weight excluding hydrogens is 448 g/mol. The third-order valence-corrected chi connectivity index (χ3v) is 5.53. The van der Waals surface area contributed by atoms with Gasteiger partial charge in [-0.3, -0.25) is 0 Å². The number of hydrogen-bond acceptors (Lipinski definition) is 7. The molecule has 3 aromatic carbocycles. The molecule has 0 atom stereocenters. The van der Waals surface area contributed by atoms with Gasteiger partial charge >= 0.3 is 17.2 Å². The summed E-state index contributed by atoms with van der Waals surface area (Å²) in [5, 5.41) is 1.14. The van der Waals surface area contributed by atoms with Gasteiger partial charge in [-0.15, -0.1) is 0 Å². The van der Waals surface area contributed by atoms with Gasteiger partial charge in [0.1, 0.15) is 11.3 Å². The molecule has 0 fully saturated rings. The number of aryl methyl sites for hydroxylation is 1. The Morgan fingerprint density at radius 2 is 1.69 bits per heavy atom. The molecular formula is C28H20O7. The number of rotatable bonds is 5. The first-order chi connectivity index (χ1) is 16.9. The first kappa shape index (κ1) is 22.2. The topological polar surface area (TPSA) is 96.0 Å². The van der Waals surface area contributed by atoms with Crippen molar-refractivity contribution >= 4 is 27.9 Å². The molecule has 0 aliphatic heterocycles. The molecule has 7 heteroatoms. The maximum Gasteiger partial charge on any atom is 0.344 e. The average Bonchev–Trinajstić information content (AvgIpc) is 2.84. The summed E-state index contributed by atoms with van der Waals surface area (Å²) in [6.45, 7) is 4.19. The van der Waals surface area contributed by atoms with E-state index in [9.17, 15) is 14.4 Å². The number of carbonyl (C=O) groups excluding carboxylic acids is 1. The Morgan fingerprint density at radius 1 is 0.886 bits per heavy atom. The molecule has 5 rings (SSSR count). The number of para-hydroxylation sites is 1. The summed E-state index contributed by atoms with van der Waals surface area (Å²) in [5.74, 6) is 0.129. The molecule has 2 aromatic heterocycles. The van der Waals surface area contributed by atoms with Crippen molar-refractivity contribution in [2.45, 2.75) is 13.8 Å². The molecule has 35 heavy (non-hydrogen) atoms. The van der Waals surface area contributed by atoms with Crippen LogP contribution in [-0.4, -0.2) is 12.6 Å². The van der Waals surface area contributed by atoms with Crippen LogP contribution >= 0.6 is 0 Å². The van der Waals surface area contributed by atoms with Gasteiger partial charge in [0, 0.05) is 28.5 Å². The molecule has 5 aromatic rings. The van der Waals surface area contributed by atoms with Gasteiger partial charge in [-0.05, 0) is 50.2 Å². The highest BCUT2D eigenvalue weighted by Crippen LogP contribution is 2.32. The van der Waals surface area contributed by atoms with Crippen LogP contribution in [0.4, 0.5) is 0 Å². The molecule has 0 N–H and O–H groups in total. The van der Waals surface area contributed by atoms with Crippen LogP contribution in [0.2, 0.25) is 0 Å². The molecule has 0 aliphatic rings. The Hall–Kier alpha value is -4.65. The molecule has 0 radical (unpaired) electrons. The van der Waals surface area contributed by atoms with Crippen LogP contribution in [0, 0.1) is 6.92 Å². The summed E-state index contributed by atoms with van der Waals surface area (Å²) in [4.78, 5) is 37.7. The monoisotopic (exact) mass is 468 g/mol. The number of benzene rings is 3. The zero-order valence-corrected chi connectivity index (χ0v) is 19.0. The van der Waals surface area contributed by atoms with Crippen LogP contribution in [0.25, 0.3) is 33.1 Å². The summed E-state index contributed by atoms with van der Waals surface area (Å²) in [5.41, 5.74) is 1.20. The minimum absolute atomic E-state index is 0.171. The largest absolute Gasteiger partial charge is 0.490 e. The van der Waals surface area contributed by atoms with Crippen LogP contribution in [0.15, 0.2) is 91.2 Å². The van der Waals surface area contributed by atoms with Crippen molar-refractivity contribution in [1.29, 1.82) is 0 Å². The van der Waals surface area contributed by atoms with Crippen molar-refractivity contribution in [3.8, 4) is 22.6 Å². The molecule has 0 spiro atoms. The minimum Gasteiger partial charge on any atom is -0.490 e. The summed E-state index contributed by atoms with van der Waals surface area (Å²) < 4.78 is 21.9. The smallest absolute Gasteiger partial charge is 0.344 e. The quantitative estimate of drug-likeness (QED) is 0.191. The predicted molar refractivity (Wildman–Crippen MR) is 131 cm³/mol. The molecule has 174 valence electrons. The van der Waals surface area contributed by atoms with Gasteiger partial charge in [-0.25, -0.2) is 14.4 Å². The van der Waals surface area contributed by atoms with Crippen LogP contribution in [0.5, 0.6) is 11.5 Å². The minimum atomic E-state index is -0.655. The zero-order chi connectivity index (χ0) is 24.5. The molecule has 0 amide bonds. The van der Waals surface area contributed by atoms with E-state index in [1.165, 1.54) is 12.1 Å². The van der Waals surface area contributed by atoms with E-state index in [2.05, 4.69) is 0 Å². The number of ether oxygens (including phenoxy) is 2. The summed E-state index contributed by atoms with van der Waals surface area (Å²) in [6, 6.07) is 19.8. The normalized spacial score (nSPS) is 11.0. The number of esters is 1. The maximum absolute atomic E-state index is 12.9. The van der Waals surface area contributed by atoms with E-state index >= 15 is 0 Å². The number of fused-ring (bicyclic) bond motifs is 2. The Kier molecular flexibility index (Phi) is 5.66. The van der Waals surface area contributed by atoms with E-state index < -0.39 is 17.2 Å². The summed E-state index contributed by atoms with van der Waals surface area (Å²) in [7, 11) is 0. The highest BCUT2D eigenvalue weighted by molar-refractivity contribution is 5.97. The van der Waals surface area contributed by atoms with E-state index in [1.54, 1.807) is 48.5 Å². The Bertz CT molecular complexity index is 1690. The third-order valence-electron chi connectivity index (χ3n) is 5.53. The lowest BCUT2D eigenvalue weighted by Crippen LogP contribution is -2.09. The van der Waals surface area contributed by atoms with Gasteiger partial charge in [-0.2, -0.15) is 0 Å². The Balaban J connectivity index is 1.58. The zero-order valence-electron chi connectivity index (χ0n) is 19.0. The second-order valence-corrected chi connectivity index (χ2v) is 7.95. The van der Waals surface area contributed by atoms with Gasteiger partial charge in [0.2, 0.25) is 0 Å². The van der Waals surface area contributed by atoms with E-state index in [0.717, 1.165) is 5.56 Å². The fraction of sp³-hybridized carbons (Fsp3) is 0.107. The van der Waals surface area contributed by atoms with Crippen molar-refractivity contribution in [2.75, 3.05) is 6.61 Å². The summed E-state index contributed by atoms with van der Waals surface area (Å²) >= 11 is 0. The molecule has 2 heterocycles. The van der Waals surface area contributed by atoms with E-state index in [4.69, 9.17) is 18.3 Å². The number of hydrogen-bond donors (Lipinski definition) is 0. The molecule has 0 unspecified atom stereocenters. The van der Waals surface area contributed by atoms with E-state index in [1.807, 2.05) is 26.0 Å². The Morgan fingerprint density at radius 3 is 2.46 bits per heavy atom. The highest BCUT2D eigenvalue weighted by Gasteiger charge is 2.17. The first-order valence-corrected chi connectivity index (χ1v) is 11.0. The van der Waals surface area contributed by atoms with E-state index in [-0.39, 0.29) is 16.9 Å². The highest BCUT2D eigenvalue weighted by atomic mass is 16.5. The fourth-order valence-electron chi connectivity index (χ4n) is 3.86. The lowest BCUT2D eigenvalue weighted by atomic mass is 10.0. The van der Waals surface area contributed by atoms with Crippen molar-refractivity contribution in [3.63, 3.8) is 0 Å². The van der Waals surface area contributed by atoms with Crippen LogP contribution in [0.3, 0.4) is 0 Å². The van der Waals surface area contributed by atoms with E-state index in [0.29, 0.717) is 39.8 Å². The van der Waals surface area contributed by atoms with Crippen molar-refractivity contribution < 1.29 is 23.1 Å².